The van der Waals surface area contributed by atoms with Crippen molar-refractivity contribution in [1.29, 1.82) is 10.5 Å². The van der Waals surface area contributed by atoms with Crippen LogP contribution in [-0.2, 0) is 10.8 Å². The minimum Gasteiger partial charge on any atom is -0.497 e. The van der Waals surface area contributed by atoms with Crippen molar-refractivity contribution >= 4 is 58.5 Å². The number of benzene rings is 4. The van der Waals surface area contributed by atoms with E-state index in [9.17, 15) is 10.5 Å². The molecule has 14 heteroatoms. The Bertz CT molecular complexity index is 3130. The van der Waals surface area contributed by atoms with Crippen LogP contribution >= 0.6 is 0 Å². The first-order valence-corrected chi connectivity index (χ1v) is 20.5. The number of hydrogen-bond acceptors (Lipinski definition) is 6. The molecule has 318 valence electrons. The molecule has 0 saturated heterocycles. The lowest BCUT2D eigenvalue weighted by Crippen LogP contribution is -2.33. The van der Waals surface area contributed by atoms with Crippen LogP contribution in [-0.4, -0.2) is 47.9 Å². The van der Waals surface area contributed by atoms with Crippen molar-refractivity contribution in [3.8, 4) is 46.2 Å². The van der Waals surface area contributed by atoms with Gasteiger partial charge in [0.2, 0.25) is 0 Å². The summed E-state index contributed by atoms with van der Waals surface area (Å²) in [4.78, 5) is 9.65. The number of nitrogens with zero attached hydrogens (tertiary/aromatic N) is 6. The number of fused-ring (bicyclic) bond motifs is 3. The number of hydrogen-bond donors (Lipinski definition) is 0. The van der Waals surface area contributed by atoms with Gasteiger partial charge in [-0.25, -0.2) is 9.97 Å². The normalized spacial score (nSPS) is 12.8. The predicted octanol–water partition coefficient (Wildman–Crippen LogP) is 10.5. The van der Waals surface area contributed by atoms with Crippen LogP contribution in [0.1, 0.15) is 64.1 Å². The number of pyridine rings is 2. The molecule has 64 heavy (non-hydrogen) atoms. The van der Waals surface area contributed by atoms with Crippen LogP contribution in [0, 0.1) is 22.7 Å². The first-order valence-electron chi connectivity index (χ1n) is 20.5. The molecule has 0 fully saturated rings. The third kappa shape index (κ3) is 7.53. The molecule has 0 aliphatic carbocycles. The van der Waals surface area contributed by atoms with Crippen LogP contribution < -0.4 is 20.2 Å². The maximum Gasteiger partial charge on any atom is 0.678 e. The second-order valence-corrected chi connectivity index (χ2v) is 17.6. The minimum atomic E-state index is -3.32. The van der Waals surface area contributed by atoms with E-state index in [2.05, 4.69) is 53.7 Å². The Kier molecular flexibility index (Phi) is 11.1. The zero-order chi connectivity index (χ0) is 45.8. The lowest BCUT2D eigenvalue weighted by molar-refractivity contribution is 0.415. The summed E-state index contributed by atoms with van der Waals surface area (Å²) in [5.41, 5.74) is 2.18. The average Bonchev–Trinajstić information content (AvgIpc) is 3.79. The Morgan fingerprint density at radius 3 is 1.19 bits per heavy atom. The fraction of sp³-hybridized carbons (Fsp3) is 0.200. The van der Waals surface area contributed by atoms with Gasteiger partial charge in [0.05, 0.1) is 58.7 Å². The second kappa shape index (κ2) is 16.4. The van der Waals surface area contributed by atoms with Crippen LogP contribution in [0.4, 0.5) is 17.3 Å². The third-order valence-electron chi connectivity index (χ3n) is 11.6. The molecular weight excluding hydrogens is 814 g/mol. The van der Waals surface area contributed by atoms with E-state index < -0.39 is 14.8 Å². The van der Waals surface area contributed by atoms with Crippen LogP contribution in [0.15, 0.2) is 109 Å². The number of halogens is 4. The van der Waals surface area contributed by atoms with Gasteiger partial charge in [-0.1, -0.05) is 65.8 Å². The van der Waals surface area contributed by atoms with Gasteiger partial charge >= 0.3 is 14.8 Å². The van der Waals surface area contributed by atoms with E-state index in [1.54, 1.807) is 48.5 Å². The van der Waals surface area contributed by atoms with Gasteiger partial charge < -0.3 is 18.4 Å². The molecule has 0 N–H and O–H groups in total. The maximum absolute atomic E-state index is 16.3. The predicted molar refractivity (Wildman–Crippen MR) is 247 cm³/mol. The van der Waals surface area contributed by atoms with Crippen molar-refractivity contribution in [2.75, 3.05) is 14.2 Å². The van der Waals surface area contributed by atoms with Gasteiger partial charge in [-0.15, -0.1) is 0 Å². The first kappa shape index (κ1) is 43.3. The summed E-state index contributed by atoms with van der Waals surface area (Å²) in [5.74, 6) is 0.830. The highest BCUT2D eigenvalue weighted by Gasteiger charge is 2.37. The lowest BCUT2D eigenvalue weighted by atomic mass is 9.86. The van der Waals surface area contributed by atoms with Crippen LogP contribution in [0.2, 0.25) is 0 Å². The quantitative estimate of drug-likeness (QED) is 0.111. The summed E-state index contributed by atoms with van der Waals surface area (Å²) in [6.45, 7) is 12.5. The molecule has 0 aliphatic rings. The fourth-order valence-corrected chi connectivity index (χ4v) is 8.27. The molecule has 8 nitrogen and oxygen atoms in total. The molecule has 4 heterocycles. The van der Waals surface area contributed by atoms with E-state index in [-0.39, 0.29) is 77.3 Å². The molecule has 0 aliphatic heterocycles. The average molecular weight is 857 g/mol. The van der Waals surface area contributed by atoms with Crippen molar-refractivity contribution < 1.29 is 26.7 Å². The van der Waals surface area contributed by atoms with Crippen LogP contribution in [0.3, 0.4) is 0 Å². The van der Waals surface area contributed by atoms with Crippen molar-refractivity contribution in [2.45, 2.75) is 52.4 Å². The molecule has 8 rings (SSSR count). The molecule has 0 spiro atoms. The monoisotopic (exact) mass is 856 g/mol. The van der Waals surface area contributed by atoms with Gasteiger partial charge in [0, 0.05) is 21.5 Å². The van der Waals surface area contributed by atoms with Gasteiger partial charge in [0.1, 0.15) is 34.8 Å². The number of rotatable bonds is 8. The maximum atomic E-state index is 16.3. The van der Waals surface area contributed by atoms with Crippen molar-refractivity contribution in [1.82, 2.24) is 18.9 Å². The zero-order valence-electron chi connectivity index (χ0n) is 36.6. The van der Waals surface area contributed by atoms with E-state index >= 15 is 17.3 Å². The van der Waals surface area contributed by atoms with Gasteiger partial charge in [-0.2, -0.15) is 10.5 Å². The second-order valence-electron chi connectivity index (χ2n) is 17.6. The Balaban J connectivity index is 1.63. The minimum absolute atomic E-state index is 0.0448. The molecule has 8 aromatic rings. The summed E-state index contributed by atoms with van der Waals surface area (Å²) < 4.78 is 77.4. The first-order chi connectivity index (χ1) is 30.5. The summed E-state index contributed by atoms with van der Waals surface area (Å²) in [6.07, 6.45) is 0. The summed E-state index contributed by atoms with van der Waals surface area (Å²) in [5, 5.41) is 22.9. The largest absolute Gasteiger partial charge is 0.678 e. The molecule has 0 bridgehead atoms. The molecule has 0 amide bonds. The SMILES string of the molecule is COc1ccc(-c2c3/c(=C(\C#N)c4ccc5cc(C(C)(C)C)ccc5n4)n(B(F)F)c(-c4ccc(OC)cc4)c3/c(=C(\C#N)c3ccc4cc(C(C)(C)C)ccc4n3)n2B(F)F)cc1. The molecule has 4 aromatic carbocycles. The molecule has 0 saturated carbocycles. The number of aromatic nitrogens is 4. The van der Waals surface area contributed by atoms with Gasteiger partial charge in [-0.3, -0.25) is 17.3 Å². The Hall–Kier alpha value is -7.31. The van der Waals surface area contributed by atoms with Gasteiger partial charge in [0.25, 0.3) is 0 Å². The fourth-order valence-electron chi connectivity index (χ4n) is 8.27. The van der Waals surface area contributed by atoms with Crippen molar-refractivity contribution in [2.24, 2.45) is 0 Å². The number of nitriles is 2. The highest BCUT2D eigenvalue weighted by atomic mass is 19.2. The zero-order valence-corrected chi connectivity index (χ0v) is 36.6. The van der Waals surface area contributed by atoms with E-state index in [0.29, 0.717) is 31.5 Å². The topological polar surface area (TPSA) is 102 Å². The highest BCUT2D eigenvalue weighted by Crippen LogP contribution is 2.38. The van der Waals surface area contributed by atoms with Crippen molar-refractivity contribution in [3.63, 3.8) is 0 Å². The summed E-state index contributed by atoms with van der Waals surface area (Å²) >= 11 is 0. The van der Waals surface area contributed by atoms with E-state index in [1.165, 1.54) is 38.5 Å². The Labute approximate surface area is 368 Å². The van der Waals surface area contributed by atoms with Crippen molar-refractivity contribution in [3.05, 3.63) is 142 Å². The van der Waals surface area contributed by atoms with E-state index in [4.69, 9.17) is 19.4 Å². The third-order valence-corrected chi connectivity index (χ3v) is 11.6. The molecule has 0 atom stereocenters. The van der Waals surface area contributed by atoms with E-state index in [1.807, 2.05) is 36.4 Å². The molecular formula is C50H42B2F4N6O2. The van der Waals surface area contributed by atoms with Crippen LogP contribution in [0.25, 0.3) is 66.2 Å². The lowest BCUT2D eigenvalue weighted by Gasteiger charge is -2.19. The molecule has 0 radical (unpaired) electrons. The smallest absolute Gasteiger partial charge is 0.497 e. The van der Waals surface area contributed by atoms with E-state index in [0.717, 1.165) is 21.9 Å². The summed E-state index contributed by atoms with van der Waals surface area (Å²) in [7, 11) is -3.73. The highest BCUT2D eigenvalue weighted by molar-refractivity contribution is 6.45. The molecule has 4 aromatic heterocycles. The number of ether oxygens (including phenoxy) is 2. The van der Waals surface area contributed by atoms with Crippen LogP contribution in [0.5, 0.6) is 11.5 Å². The summed E-state index contributed by atoms with van der Waals surface area (Å²) in [6, 6.07) is 34.8. The standard InChI is InChI=1S/C50H42B2F4N6O2/c1-49(2,3)33-15-23-39-31(25-33)13-21-41(59-39)37(27-57)47-43-44(46(61(47)51(53)54)30-11-19-36(64-8)20-12-30)48(62(52(55)56)45(43)29-9-17-35(63-7)18-10-29)38(28-58)42-22-14-32-26-34(50(4,5)6)16-24-40(32)60-42/h9-26H,1-8H3/b47-37-,48-38-. The Morgan fingerprint density at radius 1 is 0.531 bits per heavy atom. The van der Waals surface area contributed by atoms with Gasteiger partial charge in [0.15, 0.2) is 0 Å². The number of methoxy groups -OCH3 is 2. The van der Waals surface area contributed by atoms with Gasteiger partial charge in [-0.05, 0) is 118 Å². The molecule has 0 unspecified atom stereocenters. The Morgan fingerprint density at radius 2 is 0.891 bits per heavy atom.